The van der Waals surface area contributed by atoms with Crippen LogP contribution in [0.2, 0.25) is 0 Å². The Balaban J connectivity index is 1.34. The lowest BCUT2D eigenvalue weighted by Crippen LogP contribution is -2.32. The van der Waals surface area contributed by atoms with Crippen molar-refractivity contribution < 1.29 is 14.2 Å². The average Bonchev–Trinajstić information content (AvgIpc) is 3.16. The molecule has 1 aromatic heterocycles. The molecule has 0 aliphatic rings. The molecule has 0 N–H and O–H groups in total. The van der Waals surface area contributed by atoms with Crippen molar-refractivity contribution in [3.8, 4) is 0 Å². The fourth-order valence-electron chi connectivity index (χ4n) is 5.34. The van der Waals surface area contributed by atoms with Gasteiger partial charge >= 0.3 is 0 Å². The van der Waals surface area contributed by atoms with Crippen LogP contribution in [0.25, 0.3) is 23.5 Å². The Hall–Kier alpha value is -4.41. The lowest BCUT2D eigenvalue weighted by molar-refractivity contribution is -0.671. The third kappa shape index (κ3) is 14.7. The monoisotopic (exact) mass is 740 g/mol. The molecule has 0 aliphatic carbocycles. The number of carbonyl (C=O) groups is 2. The first-order valence-electron chi connectivity index (χ1n) is 17.7. The number of aromatic nitrogens is 1. The summed E-state index contributed by atoms with van der Waals surface area (Å²) in [6.45, 7) is 5.01. The molecule has 0 aliphatic heterocycles. The number of benzene rings is 2. The zero-order chi connectivity index (χ0) is 37.7. The van der Waals surface area contributed by atoms with Crippen molar-refractivity contribution in [2.45, 2.75) is 19.8 Å². The summed E-state index contributed by atoms with van der Waals surface area (Å²) in [5, 5.41) is 4.04. The van der Waals surface area contributed by atoms with Gasteiger partial charge in [-0.15, -0.1) is 7.05 Å². The highest BCUT2D eigenvalue weighted by Crippen LogP contribution is 2.24. The highest BCUT2D eigenvalue weighted by Gasteiger charge is 2.14. The van der Waals surface area contributed by atoms with Crippen molar-refractivity contribution in [2.75, 3.05) is 82.7 Å². The van der Waals surface area contributed by atoms with Gasteiger partial charge in [-0.05, 0) is 54.2 Å². The van der Waals surface area contributed by atoms with Crippen LogP contribution in [0, 0.1) is 0 Å². The smallest absolute Gasteiger partial charge is 0.233 e. The lowest BCUT2D eigenvalue weighted by Gasteiger charge is -2.24. The van der Waals surface area contributed by atoms with Crippen LogP contribution in [0.3, 0.4) is 0 Å². The number of hydrogen-bond acceptors (Lipinski definition) is 6. The number of hydrogen-bond donors (Lipinski definition) is 0. The Morgan fingerprint density at radius 3 is 1.69 bits per heavy atom. The van der Waals surface area contributed by atoms with Gasteiger partial charge in [0.1, 0.15) is 7.05 Å². The second kappa shape index (κ2) is 23.2. The maximum atomic E-state index is 12.8. The molecule has 0 atom stereocenters. The molecule has 8 nitrogen and oxygen atoms in total. The van der Waals surface area contributed by atoms with E-state index in [2.05, 4.69) is 114 Å². The third-order valence-electron chi connectivity index (χ3n) is 8.63. The van der Waals surface area contributed by atoms with Crippen molar-refractivity contribution in [1.29, 1.82) is 0 Å². The summed E-state index contributed by atoms with van der Waals surface area (Å²) < 4.78 is 2.02. The highest BCUT2D eigenvalue weighted by atomic mass is 33.1. The fraction of sp³-hybridized carbons (Fsp3) is 0.357. The van der Waals surface area contributed by atoms with Gasteiger partial charge in [-0.1, -0.05) is 94.4 Å². The number of amides is 2. The molecule has 0 saturated carbocycles. The summed E-state index contributed by atoms with van der Waals surface area (Å²) in [4.78, 5) is 33.6. The molecule has 2 aromatic carbocycles. The zero-order valence-corrected chi connectivity index (χ0v) is 33.6. The Kier molecular flexibility index (Phi) is 18.8. The van der Waals surface area contributed by atoms with Gasteiger partial charge in [-0.25, -0.2) is 4.57 Å². The minimum Gasteiger partial charge on any atom is -0.693 e. The van der Waals surface area contributed by atoms with Crippen molar-refractivity contribution in [1.82, 2.24) is 9.80 Å². The van der Waals surface area contributed by atoms with Crippen LogP contribution in [0.15, 0.2) is 103 Å². The van der Waals surface area contributed by atoms with Gasteiger partial charge in [0.15, 0.2) is 12.4 Å². The Bertz CT molecular complexity index is 1670. The Morgan fingerprint density at radius 2 is 1.19 bits per heavy atom. The Morgan fingerprint density at radius 1 is 0.692 bits per heavy atom. The van der Waals surface area contributed by atoms with Crippen LogP contribution >= 0.6 is 21.6 Å². The molecule has 52 heavy (non-hydrogen) atoms. The molecule has 1 heterocycles. The van der Waals surface area contributed by atoms with E-state index in [4.69, 9.17) is 0 Å². The molecular weight excluding hydrogens is 685 g/mol. The summed E-state index contributed by atoms with van der Waals surface area (Å²) >= 11 is 0. The number of allylic oxidation sites excluding steroid dienone is 4. The van der Waals surface area contributed by atoms with E-state index in [1.165, 1.54) is 21.6 Å². The molecule has 278 valence electrons. The molecule has 10 heteroatoms. The standard InChI is InChI=1S/C42H56N6O2S2/c1-8-35(23-26-43-2)19-21-37-15-9-11-17-39(37)45(4)27-13-29-47(6)41(49)33-51-52-34-42(50)48(7)30-14-28-46(5)40-18-12-10-16-38(40)22-20-36-24-31-44(3)32-25-36/h8-12,15-26,31-32H,13-14,27-30,33-34H2,1-7H3/b21-19+,26-23-,35-8-. The van der Waals surface area contributed by atoms with Gasteiger partial charge in [-0.2, -0.15) is 6.20 Å². The molecule has 0 fully saturated rings. The average molecular weight is 741 g/mol. The van der Waals surface area contributed by atoms with Crippen molar-refractivity contribution in [2.24, 2.45) is 7.05 Å². The number of aryl methyl sites for hydroxylation is 1. The number of carbonyl (C=O) groups excluding carboxylic acids is 2. The van der Waals surface area contributed by atoms with Crippen LogP contribution in [-0.2, 0) is 16.6 Å². The summed E-state index contributed by atoms with van der Waals surface area (Å²) in [6, 6.07) is 20.9. The van der Waals surface area contributed by atoms with Crippen LogP contribution in [0.4, 0.5) is 11.4 Å². The van der Waals surface area contributed by atoms with Crippen LogP contribution in [0.5, 0.6) is 0 Å². The number of nitrogens with zero attached hydrogens (tertiary/aromatic N) is 6. The minimum atomic E-state index is 0.0751. The van der Waals surface area contributed by atoms with Crippen LogP contribution in [0.1, 0.15) is 36.5 Å². The predicted octanol–water partition coefficient (Wildman–Crippen LogP) is 7.81. The second-order valence-electron chi connectivity index (χ2n) is 12.6. The summed E-state index contributed by atoms with van der Waals surface area (Å²) in [7, 11) is 14.6. The van der Waals surface area contributed by atoms with E-state index in [9.17, 15) is 9.59 Å². The summed E-state index contributed by atoms with van der Waals surface area (Å²) in [5.41, 5.74) is 6.85. The van der Waals surface area contributed by atoms with Gasteiger partial charge in [0, 0.05) is 77.9 Å². The first kappa shape index (κ1) is 42.0. The van der Waals surface area contributed by atoms with Gasteiger partial charge in [-0.3, -0.25) is 9.59 Å². The molecule has 0 radical (unpaired) electrons. The van der Waals surface area contributed by atoms with E-state index >= 15 is 0 Å². The Labute approximate surface area is 320 Å². The maximum absolute atomic E-state index is 12.8. The molecule has 2 amide bonds. The highest BCUT2D eigenvalue weighted by molar-refractivity contribution is 8.77. The SMILES string of the molecule is C/C=C(\C=C/[N-]C)/C=C/c1ccccc1N(C)CCCN(C)C(=O)CSSCC(=O)N(C)CCCN(C)c1ccccc1/C=C/c1cc[n+](C)cc1. The molecule has 0 spiro atoms. The van der Waals surface area contributed by atoms with E-state index < -0.39 is 0 Å². The van der Waals surface area contributed by atoms with E-state index in [0.717, 1.165) is 59.6 Å². The molecule has 0 unspecified atom stereocenters. The number of pyridine rings is 1. The van der Waals surface area contributed by atoms with E-state index in [-0.39, 0.29) is 11.8 Å². The molecule has 3 aromatic rings. The largest absolute Gasteiger partial charge is 0.693 e. The first-order valence-corrected chi connectivity index (χ1v) is 20.2. The van der Waals surface area contributed by atoms with Gasteiger partial charge < -0.3 is 24.9 Å². The van der Waals surface area contributed by atoms with Crippen molar-refractivity contribution in [3.63, 3.8) is 0 Å². The number of para-hydroxylation sites is 2. The lowest BCUT2D eigenvalue weighted by atomic mass is 10.1. The number of anilines is 2. The third-order valence-corrected chi connectivity index (χ3v) is 10.7. The maximum Gasteiger partial charge on any atom is 0.233 e. The molecule has 0 saturated heterocycles. The van der Waals surface area contributed by atoms with Gasteiger partial charge in [0.05, 0.1) is 11.5 Å². The predicted molar refractivity (Wildman–Crippen MR) is 227 cm³/mol. The van der Waals surface area contributed by atoms with Crippen LogP contribution < -0.4 is 14.4 Å². The quantitative estimate of drug-likeness (QED) is 0.0481. The van der Waals surface area contributed by atoms with Gasteiger partial charge in [0.25, 0.3) is 0 Å². The minimum absolute atomic E-state index is 0.0751. The van der Waals surface area contributed by atoms with Crippen molar-refractivity contribution in [3.05, 3.63) is 125 Å². The van der Waals surface area contributed by atoms with Crippen molar-refractivity contribution >= 4 is 63.0 Å². The molecule has 3 rings (SSSR count). The number of rotatable bonds is 21. The summed E-state index contributed by atoms with van der Waals surface area (Å²) in [5.74, 6) is 0.841. The second-order valence-corrected chi connectivity index (χ2v) is 15.1. The molecular formula is C42H56N6O2S2. The van der Waals surface area contributed by atoms with E-state index in [1.807, 2.05) is 57.2 Å². The zero-order valence-electron chi connectivity index (χ0n) is 31.9. The first-order chi connectivity index (χ1) is 25.1. The fourth-order valence-corrected chi connectivity index (χ4v) is 7.26. The normalized spacial score (nSPS) is 11.8. The van der Waals surface area contributed by atoms with Gasteiger partial charge in [0.2, 0.25) is 11.8 Å². The van der Waals surface area contributed by atoms with E-state index in [1.54, 1.807) is 23.0 Å². The van der Waals surface area contributed by atoms with E-state index in [0.29, 0.717) is 24.6 Å². The topological polar surface area (TPSA) is 65.1 Å². The summed E-state index contributed by atoms with van der Waals surface area (Å²) in [6.07, 6.45) is 20.1. The van der Waals surface area contributed by atoms with Crippen LogP contribution in [-0.4, -0.2) is 94.5 Å². The molecule has 0 bridgehead atoms.